The number of hydrogen-bond donors (Lipinski definition) is 0. The van der Waals surface area contributed by atoms with Crippen LogP contribution in [0.25, 0.3) is 104 Å². The molecule has 66 heavy (non-hydrogen) atoms. The van der Waals surface area contributed by atoms with Crippen molar-refractivity contribution in [2.45, 2.75) is 0 Å². The Hall–Kier alpha value is -8.72. The smallest absolute Gasteiger partial charge is 0.0541 e. The van der Waals surface area contributed by atoms with Crippen molar-refractivity contribution in [3.05, 3.63) is 255 Å². The van der Waals surface area contributed by atoms with Gasteiger partial charge in [-0.2, -0.15) is 0 Å². The predicted octanol–water partition coefficient (Wildman–Crippen LogP) is 17.8. The Kier molecular flexibility index (Phi) is 8.89. The first-order chi connectivity index (χ1) is 32.7. The number of benzene rings is 12. The molecule has 0 radical (unpaired) electrons. The van der Waals surface area contributed by atoms with Crippen LogP contribution in [0.3, 0.4) is 0 Å². The molecule has 0 aliphatic heterocycles. The van der Waals surface area contributed by atoms with E-state index in [4.69, 9.17) is 0 Å². The maximum absolute atomic E-state index is 2.48. The van der Waals surface area contributed by atoms with Gasteiger partial charge in [0.2, 0.25) is 0 Å². The van der Waals surface area contributed by atoms with E-state index < -0.39 is 0 Å². The van der Waals surface area contributed by atoms with Crippen LogP contribution < -0.4 is 4.90 Å². The molecule has 1 aromatic heterocycles. The Labute approximate surface area is 383 Å². The van der Waals surface area contributed by atoms with Crippen molar-refractivity contribution in [2.75, 3.05) is 4.90 Å². The summed E-state index contributed by atoms with van der Waals surface area (Å²) in [5.41, 5.74) is 16.5. The monoisotopic (exact) mass is 838 g/mol. The minimum absolute atomic E-state index is 1.09. The average Bonchev–Trinajstić information content (AvgIpc) is 3.73. The highest BCUT2D eigenvalue weighted by molar-refractivity contribution is 6.27. The third-order valence-electron chi connectivity index (χ3n) is 13.6. The molecule has 13 rings (SSSR count). The van der Waals surface area contributed by atoms with Gasteiger partial charge in [-0.25, -0.2) is 0 Å². The van der Waals surface area contributed by atoms with E-state index in [2.05, 4.69) is 264 Å². The fourth-order valence-corrected chi connectivity index (χ4v) is 10.4. The normalized spacial score (nSPS) is 11.6. The van der Waals surface area contributed by atoms with Crippen LogP contribution >= 0.6 is 0 Å². The van der Waals surface area contributed by atoms with E-state index in [9.17, 15) is 0 Å². The maximum atomic E-state index is 2.48. The molecule has 0 saturated heterocycles. The second kappa shape index (κ2) is 15.5. The second-order valence-corrected chi connectivity index (χ2v) is 17.3. The van der Waals surface area contributed by atoms with Crippen molar-refractivity contribution in [2.24, 2.45) is 0 Å². The molecule has 308 valence electrons. The summed E-state index contributed by atoms with van der Waals surface area (Å²) in [6.07, 6.45) is 0. The second-order valence-electron chi connectivity index (χ2n) is 17.3. The van der Waals surface area contributed by atoms with E-state index in [0.29, 0.717) is 0 Å². The Morgan fingerprint density at radius 3 is 1.41 bits per heavy atom. The van der Waals surface area contributed by atoms with Gasteiger partial charge in [0.1, 0.15) is 0 Å². The number of hydrogen-bond acceptors (Lipinski definition) is 1. The van der Waals surface area contributed by atoms with Gasteiger partial charge in [0.15, 0.2) is 0 Å². The van der Waals surface area contributed by atoms with Crippen LogP contribution in [0.15, 0.2) is 255 Å². The van der Waals surface area contributed by atoms with E-state index in [1.165, 1.54) is 98.8 Å². The van der Waals surface area contributed by atoms with Gasteiger partial charge in [-0.05, 0) is 109 Å². The highest BCUT2D eigenvalue weighted by Gasteiger charge is 2.23. The van der Waals surface area contributed by atoms with Crippen LogP contribution in [-0.4, -0.2) is 4.57 Å². The lowest BCUT2D eigenvalue weighted by Gasteiger charge is -2.30. The van der Waals surface area contributed by atoms with Crippen LogP contribution in [0.5, 0.6) is 0 Å². The zero-order chi connectivity index (χ0) is 43.6. The molecule has 0 atom stereocenters. The lowest BCUT2D eigenvalue weighted by atomic mass is 9.91. The molecule has 0 fully saturated rings. The molecular formula is C64H42N2. The molecule has 0 N–H and O–H groups in total. The molecule has 0 unspecified atom stereocenters. The van der Waals surface area contributed by atoms with Crippen LogP contribution in [0.1, 0.15) is 0 Å². The number of aromatic nitrogens is 1. The summed E-state index contributed by atoms with van der Waals surface area (Å²) in [6.45, 7) is 0. The van der Waals surface area contributed by atoms with Gasteiger partial charge in [0, 0.05) is 32.8 Å². The van der Waals surface area contributed by atoms with Gasteiger partial charge in [0.05, 0.1) is 28.1 Å². The van der Waals surface area contributed by atoms with Gasteiger partial charge in [0.25, 0.3) is 0 Å². The van der Waals surface area contributed by atoms with E-state index >= 15 is 0 Å². The Bertz CT molecular complexity index is 3850. The van der Waals surface area contributed by atoms with Crippen LogP contribution in [-0.2, 0) is 0 Å². The minimum Gasteiger partial charge on any atom is -0.309 e. The van der Waals surface area contributed by atoms with Crippen molar-refractivity contribution in [1.29, 1.82) is 0 Å². The number of para-hydroxylation sites is 3. The van der Waals surface area contributed by atoms with Crippen molar-refractivity contribution in [3.8, 4) is 50.2 Å². The molecule has 1 heterocycles. The number of anilines is 3. The van der Waals surface area contributed by atoms with Gasteiger partial charge < -0.3 is 9.47 Å². The Balaban J connectivity index is 1.01. The van der Waals surface area contributed by atoms with E-state index in [0.717, 1.165) is 22.6 Å². The third-order valence-corrected chi connectivity index (χ3v) is 13.6. The van der Waals surface area contributed by atoms with E-state index in [-0.39, 0.29) is 0 Å². The Morgan fingerprint density at radius 1 is 0.273 bits per heavy atom. The first-order valence-electron chi connectivity index (χ1n) is 22.8. The molecule has 0 bridgehead atoms. The fraction of sp³-hybridized carbons (Fsp3) is 0. The van der Waals surface area contributed by atoms with Crippen LogP contribution in [0.4, 0.5) is 17.1 Å². The average molecular weight is 839 g/mol. The maximum Gasteiger partial charge on any atom is 0.0541 e. The van der Waals surface area contributed by atoms with E-state index in [1.54, 1.807) is 0 Å². The van der Waals surface area contributed by atoms with Crippen molar-refractivity contribution >= 4 is 71.2 Å². The van der Waals surface area contributed by atoms with Gasteiger partial charge in [-0.3, -0.25) is 0 Å². The van der Waals surface area contributed by atoms with Crippen LogP contribution in [0.2, 0.25) is 0 Å². The standard InChI is InChI=1S/C64H42N2/c1-3-14-43(15-4-1)45-26-28-46(29-27-45)47-30-36-52(37-31-47)65(58-23-10-7-20-53(58)51-19-13-18-50(42-51)44-16-5-2-6-17-44)61-40-34-48-33-39-57-62(41-35-49-32-38-56(61)63(48)64(49)57)66-59-24-11-8-21-54(59)55-22-9-12-25-60(55)66/h1-42H. The molecule has 2 heteroatoms. The lowest BCUT2D eigenvalue weighted by Crippen LogP contribution is -2.12. The quantitative estimate of drug-likeness (QED) is 0.138. The summed E-state index contributed by atoms with van der Waals surface area (Å²) in [6, 6.07) is 93.3. The zero-order valence-electron chi connectivity index (χ0n) is 36.1. The van der Waals surface area contributed by atoms with Crippen molar-refractivity contribution in [1.82, 2.24) is 4.57 Å². The lowest BCUT2D eigenvalue weighted by molar-refractivity contribution is 1.20. The number of fused-ring (bicyclic) bond motifs is 3. The fourth-order valence-electron chi connectivity index (χ4n) is 10.4. The molecule has 0 aliphatic rings. The summed E-state index contributed by atoms with van der Waals surface area (Å²) in [7, 11) is 0. The van der Waals surface area contributed by atoms with Gasteiger partial charge >= 0.3 is 0 Å². The summed E-state index contributed by atoms with van der Waals surface area (Å²) in [4.78, 5) is 2.48. The highest BCUT2D eigenvalue weighted by atomic mass is 15.1. The minimum atomic E-state index is 1.09. The highest BCUT2D eigenvalue weighted by Crippen LogP contribution is 2.48. The number of nitrogens with zero attached hydrogens (tertiary/aromatic N) is 2. The first-order valence-corrected chi connectivity index (χ1v) is 22.8. The first kappa shape index (κ1) is 37.8. The van der Waals surface area contributed by atoms with E-state index in [1.807, 2.05) is 0 Å². The predicted molar refractivity (Wildman–Crippen MR) is 281 cm³/mol. The van der Waals surface area contributed by atoms with Gasteiger partial charge in [-0.15, -0.1) is 0 Å². The summed E-state index contributed by atoms with van der Waals surface area (Å²) >= 11 is 0. The molecule has 0 amide bonds. The van der Waals surface area contributed by atoms with Crippen LogP contribution in [0, 0.1) is 0 Å². The SMILES string of the molecule is c1ccc(-c2ccc(-c3ccc(N(c4ccccc4-c4cccc(-c5ccccc5)c4)c4ccc5ccc6c(-n7c8ccccc8c8ccccc87)ccc7ccc4c5c76)cc3)cc2)cc1. The van der Waals surface area contributed by atoms with Crippen molar-refractivity contribution in [3.63, 3.8) is 0 Å². The topological polar surface area (TPSA) is 8.17 Å². The number of rotatable bonds is 8. The largest absolute Gasteiger partial charge is 0.309 e. The summed E-state index contributed by atoms with van der Waals surface area (Å²) < 4.78 is 2.46. The molecule has 13 aromatic rings. The molecule has 0 saturated carbocycles. The molecule has 0 spiro atoms. The molecule has 12 aromatic carbocycles. The third kappa shape index (κ3) is 6.18. The molecule has 0 aliphatic carbocycles. The Morgan fingerprint density at radius 2 is 0.742 bits per heavy atom. The van der Waals surface area contributed by atoms with Gasteiger partial charge in [-0.1, -0.05) is 206 Å². The summed E-state index contributed by atoms with van der Waals surface area (Å²) in [5.74, 6) is 0. The molecule has 2 nitrogen and oxygen atoms in total. The zero-order valence-corrected chi connectivity index (χ0v) is 36.1. The molecular weight excluding hydrogens is 797 g/mol. The summed E-state index contributed by atoms with van der Waals surface area (Å²) in [5, 5.41) is 9.99. The van der Waals surface area contributed by atoms with Crippen molar-refractivity contribution < 1.29 is 0 Å².